The van der Waals surface area contributed by atoms with Crippen molar-refractivity contribution in [3.05, 3.63) is 41.5 Å². The second-order valence-electron chi connectivity index (χ2n) is 5.77. The van der Waals surface area contributed by atoms with Crippen molar-refractivity contribution in [3.8, 4) is 28.7 Å². The maximum absolute atomic E-state index is 12.5. The summed E-state index contributed by atoms with van der Waals surface area (Å²) in [7, 11) is 0.0786. The lowest BCUT2D eigenvalue weighted by molar-refractivity contribution is -0.0507. The van der Waals surface area contributed by atoms with Gasteiger partial charge in [0.2, 0.25) is 5.75 Å². The number of aryl methyl sites for hydroxylation is 2. The zero-order valence-electron chi connectivity index (χ0n) is 16.0. The molecule has 0 heterocycles. The average molecular weight is 433 g/mol. The van der Waals surface area contributed by atoms with Crippen molar-refractivity contribution >= 4 is 10.3 Å². The van der Waals surface area contributed by atoms with Gasteiger partial charge < -0.3 is 23.1 Å². The van der Waals surface area contributed by atoms with Gasteiger partial charge in [-0.3, -0.25) is 0 Å². The fourth-order valence-electron chi connectivity index (χ4n) is 2.66. The molecule has 0 spiro atoms. The van der Waals surface area contributed by atoms with Crippen LogP contribution in [-0.2, 0) is 23.1 Å². The van der Waals surface area contributed by atoms with Crippen LogP contribution in [0.5, 0.6) is 28.7 Å². The van der Waals surface area contributed by atoms with E-state index in [2.05, 4.69) is 8.92 Å². The predicted molar refractivity (Wildman–Crippen MR) is 100 cm³/mol. The van der Waals surface area contributed by atoms with E-state index in [1.165, 1.54) is 39.5 Å². The van der Waals surface area contributed by atoms with Gasteiger partial charge in [0.05, 0.1) is 21.3 Å². The molecule has 0 amide bonds. The second kappa shape index (κ2) is 9.61. The van der Waals surface area contributed by atoms with Gasteiger partial charge in [-0.25, -0.2) is 0 Å². The van der Waals surface area contributed by atoms with Crippen LogP contribution in [-0.4, -0.2) is 36.4 Å². The molecule has 0 bridgehead atoms. The molecule has 0 aromatic heterocycles. The monoisotopic (exact) mass is 433 g/mol. The fraction of sp³-hybridized carbons (Fsp3) is 0.333. The first kappa shape index (κ1) is 22.5. The first-order valence-electron chi connectivity index (χ1n) is 8.25. The highest BCUT2D eigenvalue weighted by Crippen LogP contribution is 2.38. The summed E-state index contributed by atoms with van der Waals surface area (Å²) in [5.41, 5.74) is 1.46. The minimum Gasteiger partial charge on any atom is -0.493 e. The van der Waals surface area contributed by atoms with Crippen LogP contribution in [0.1, 0.15) is 11.1 Å². The van der Waals surface area contributed by atoms with Crippen LogP contribution in [0.15, 0.2) is 30.3 Å². The van der Waals surface area contributed by atoms with Gasteiger partial charge in [0, 0.05) is 0 Å². The Bertz CT molecular complexity index is 926. The number of methoxy groups -OCH3 is 3. The molecular weight excluding hydrogens is 412 g/mol. The molecule has 2 rings (SSSR count). The Morgan fingerprint density at radius 1 is 0.862 bits per heavy atom. The highest BCUT2D eigenvalue weighted by atomic mass is 32.2. The Morgan fingerprint density at radius 2 is 1.41 bits per heavy atom. The molecule has 0 atom stereocenters. The number of rotatable bonds is 10. The zero-order valence-corrected chi connectivity index (χ0v) is 16.8. The van der Waals surface area contributed by atoms with Crippen LogP contribution in [0.2, 0.25) is 0 Å². The molecule has 0 aliphatic heterocycles. The molecular formula is C18H21F2NO7S. The molecule has 8 nitrogen and oxygen atoms in total. The number of halogens is 2. The van der Waals surface area contributed by atoms with Crippen molar-refractivity contribution in [1.29, 1.82) is 0 Å². The predicted octanol–water partition coefficient (Wildman–Crippen LogP) is 2.68. The lowest BCUT2D eigenvalue weighted by Gasteiger charge is -2.15. The molecule has 0 aliphatic rings. The smallest absolute Gasteiger partial charge is 0.387 e. The van der Waals surface area contributed by atoms with Crippen LogP contribution in [0.25, 0.3) is 0 Å². The summed E-state index contributed by atoms with van der Waals surface area (Å²) in [6.45, 7) is -3.15. The first-order valence-corrected chi connectivity index (χ1v) is 9.72. The topological polar surface area (TPSA) is 106 Å². The van der Waals surface area contributed by atoms with Gasteiger partial charge in [-0.1, -0.05) is 6.07 Å². The van der Waals surface area contributed by atoms with E-state index in [9.17, 15) is 17.2 Å². The van der Waals surface area contributed by atoms with Crippen LogP contribution in [0, 0.1) is 0 Å². The van der Waals surface area contributed by atoms with Crippen LogP contribution in [0.3, 0.4) is 0 Å². The Kier molecular flexibility index (Phi) is 7.46. The van der Waals surface area contributed by atoms with E-state index in [0.29, 0.717) is 35.7 Å². The van der Waals surface area contributed by atoms with Crippen LogP contribution < -0.4 is 28.3 Å². The SMILES string of the molecule is COc1cc(CCc2ccc(OC(F)F)c(OS(N)(=O)=O)c2)cc(OC)c1OC. The molecule has 160 valence electrons. The van der Waals surface area contributed by atoms with Gasteiger partial charge in [-0.2, -0.15) is 22.3 Å². The fourth-order valence-corrected chi connectivity index (χ4v) is 3.04. The molecule has 0 radical (unpaired) electrons. The normalized spacial score (nSPS) is 11.3. The van der Waals surface area contributed by atoms with E-state index in [4.69, 9.17) is 19.3 Å². The Hall–Kier alpha value is -2.79. The molecule has 0 aliphatic carbocycles. The Morgan fingerprint density at radius 3 is 1.90 bits per heavy atom. The molecule has 2 aromatic rings. The van der Waals surface area contributed by atoms with E-state index in [1.807, 2.05) is 0 Å². The van der Waals surface area contributed by atoms with E-state index in [-0.39, 0.29) is 0 Å². The summed E-state index contributed by atoms with van der Waals surface area (Å²) in [4.78, 5) is 0. The van der Waals surface area contributed by atoms with Crippen molar-refractivity contribution in [1.82, 2.24) is 0 Å². The lowest BCUT2D eigenvalue weighted by atomic mass is 10.0. The number of nitrogens with two attached hydrogens (primary N) is 1. The number of hydrogen-bond acceptors (Lipinski definition) is 7. The average Bonchev–Trinajstić information content (AvgIpc) is 2.65. The standard InChI is InChI=1S/C18H21F2NO7S/c1-24-15-9-12(10-16(25-2)17(15)26-3)5-4-11-6-7-13(27-18(19)20)14(8-11)28-29(21,22)23/h6-10,18H,4-5H2,1-3H3,(H2,21,22,23). The zero-order chi connectivity index (χ0) is 21.6. The summed E-state index contributed by atoms with van der Waals surface area (Å²) in [6, 6.07) is 7.54. The summed E-state index contributed by atoms with van der Waals surface area (Å²) in [6.07, 6.45) is 0.926. The highest BCUT2D eigenvalue weighted by Gasteiger charge is 2.17. The minimum absolute atomic E-state index is 0.421. The van der Waals surface area contributed by atoms with E-state index < -0.39 is 28.4 Å². The highest BCUT2D eigenvalue weighted by molar-refractivity contribution is 7.84. The van der Waals surface area contributed by atoms with E-state index >= 15 is 0 Å². The van der Waals surface area contributed by atoms with Crippen molar-refractivity contribution in [3.63, 3.8) is 0 Å². The summed E-state index contributed by atoms with van der Waals surface area (Å²) in [5.74, 6) is 0.568. The van der Waals surface area contributed by atoms with Gasteiger partial charge in [0.25, 0.3) is 0 Å². The molecule has 0 fully saturated rings. The van der Waals surface area contributed by atoms with Gasteiger partial charge in [-0.05, 0) is 48.2 Å². The lowest BCUT2D eigenvalue weighted by Crippen LogP contribution is -2.19. The Balaban J connectivity index is 2.27. The van der Waals surface area contributed by atoms with Gasteiger partial charge in [0.1, 0.15) is 0 Å². The first-order chi connectivity index (χ1) is 13.7. The quantitative estimate of drug-likeness (QED) is 0.614. The third kappa shape index (κ3) is 6.36. The van der Waals surface area contributed by atoms with E-state index in [1.54, 1.807) is 12.1 Å². The van der Waals surface area contributed by atoms with Crippen molar-refractivity contribution in [2.45, 2.75) is 19.5 Å². The van der Waals surface area contributed by atoms with E-state index in [0.717, 1.165) is 5.56 Å². The molecule has 0 saturated carbocycles. The third-order valence-electron chi connectivity index (χ3n) is 3.86. The molecule has 11 heteroatoms. The molecule has 2 N–H and O–H groups in total. The van der Waals surface area contributed by atoms with Crippen molar-refractivity contribution in [2.24, 2.45) is 5.14 Å². The number of hydrogen-bond donors (Lipinski definition) is 1. The molecule has 0 saturated heterocycles. The number of alkyl halides is 2. The summed E-state index contributed by atoms with van der Waals surface area (Å²) >= 11 is 0. The van der Waals surface area contributed by atoms with Gasteiger partial charge >= 0.3 is 16.9 Å². The molecule has 2 aromatic carbocycles. The maximum Gasteiger partial charge on any atom is 0.387 e. The third-order valence-corrected chi connectivity index (χ3v) is 4.27. The Labute approximate surface area is 167 Å². The number of ether oxygens (including phenoxy) is 4. The molecule has 0 unspecified atom stereocenters. The van der Waals surface area contributed by atoms with Crippen LogP contribution >= 0.6 is 0 Å². The van der Waals surface area contributed by atoms with Gasteiger partial charge in [-0.15, -0.1) is 0 Å². The van der Waals surface area contributed by atoms with Gasteiger partial charge in [0.15, 0.2) is 23.0 Å². The number of benzene rings is 2. The maximum atomic E-state index is 12.5. The summed E-state index contributed by atoms with van der Waals surface area (Å²) in [5, 5.41) is 4.84. The summed E-state index contributed by atoms with van der Waals surface area (Å²) < 4.78 is 72.2. The second-order valence-corrected chi connectivity index (χ2v) is 6.92. The van der Waals surface area contributed by atoms with Crippen molar-refractivity contribution in [2.75, 3.05) is 21.3 Å². The largest absolute Gasteiger partial charge is 0.493 e. The van der Waals surface area contributed by atoms with Crippen molar-refractivity contribution < 1.29 is 40.3 Å². The van der Waals surface area contributed by atoms with Crippen LogP contribution in [0.4, 0.5) is 8.78 Å². The molecule has 29 heavy (non-hydrogen) atoms. The minimum atomic E-state index is -4.42.